The van der Waals surface area contributed by atoms with Crippen molar-refractivity contribution >= 4 is 17.0 Å². The molecular weight excluding hydrogens is 398 g/mol. The first-order chi connectivity index (χ1) is 15.6. The van der Waals surface area contributed by atoms with Crippen LogP contribution in [0.4, 0.5) is 5.95 Å². The number of imidazole rings is 1. The highest BCUT2D eigenvalue weighted by molar-refractivity contribution is 5.82. The SMILES string of the molecule is Cc1cnc(C)c(-c2ccc3c(c2)ncn3-c2ccnc(N[C@@H](C)c3ccccc3)n2)n1. The molecule has 0 saturated carbocycles. The summed E-state index contributed by atoms with van der Waals surface area (Å²) in [5.41, 5.74) is 6.68. The highest BCUT2D eigenvalue weighted by Gasteiger charge is 2.12. The fourth-order valence-electron chi connectivity index (χ4n) is 3.73. The molecule has 32 heavy (non-hydrogen) atoms. The van der Waals surface area contributed by atoms with E-state index in [1.165, 1.54) is 5.56 Å². The molecule has 5 aromatic rings. The molecule has 3 aromatic heterocycles. The van der Waals surface area contributed by atoms with Crippen LogP contribution in [0.25, 0.3) is 28.1 Å². The number of anilines is 1. The van der Waals surface area contributed by atoms with Crippen molar-refractivity contribution in [1.29, 1.82) is 0 Å². The summed E-state index contributed by atoms with van der Waals surface area (Å²) in [6, 6.07) is 18.3. The van der Waals surface area contributed by atoms with E-state index in [1.54, 1.807) is 18.7 Å². The minimum Gasteiger partial charge on any atom is -0.348 e. The van der Waals surface area contributed by atoms with Crippen molar-refractivity contribution in [3.63, 3.8) is 0 Å². The molecule has 0 unspecified atom stereocenters. The van der Waals surface area contributed by atoms with Crippen LogP contribution in [-0.4, -0.2) is 29.5 Å². The molecule has 0 saturated heterocycles. The quantitative estimate of drug-likeness (QED) is 0.427. The Balaban J connectivity index is 1.46. The molecule has 0 aliphatic carbocycles. The van der Waals surface area contributed by atoms with Gasteiger partial charge in [0.25, 0.3) is 0 Å². The second kappa shape index (κ2) is 8.19. The number of nitrogens with one attached hydrogen (secondary N) is 1. The van der Waals surface area contributed by atoms with Crippen molar-refractivity contribution in [2.24, 2.45) is 0 Å². The van der Waals surface area contributed by atoms with Gasteiger partial charge in [0, 0.05) is 18.0 Å². The maximum absolute atomic E-state index is 4.72. The molecule has 0 aliphatic rings. The first-order valence-electron chi connectivity index (χ1n) is 10.5. The van der Waals surface area contributed by atoms with Gasteiger partial charge in [0.1, 0.15) is 12.1 Å². The standard InChI is InChI=1S/C25H23N7/c1-16-14-27-18(3)24(29-16)20-9-10-22-21(13-20)28-15-32(22)23-11-12-26-25(31-23)30-17(2)19-7-5-4-6-8-19/h4-15,17H,1-3H3,(H,26,30,31)/t17-/m0/s1. The summed E-state index contributed by atoms with van der Waals surface area (Å²) in [6.45, 7) is 6.01. The lowest BCUT2D eigenvalue weighted by Crippen LogP contribution is -2.10. The monoisotopic (exact) mass is 421 g/mol. The smallest absolute Gasteiger partial charge is 0.225 e. The number of aryl methyl sites for hydroxylation is 2. The number of rotatable bonds is 5. The maximum Gasteiger partial charge on any atom is 0.225 e. The molecule has 1 atom stereocenters. The van der Waals surface area contributed by atoms with E-state index >= 15 is 0 Å². The van der Waals surface area contributed by atoms with E-state index in [0.29, 0.717) is 5.95 Å². The van der Waals surface area contributed by atoms with Crippen LogP contribution in [0.15, 0.2) is 73.3 Å². The first kappa shape index (κ1) is 19.8. The van der Waals surface area contributed by atoms with Crippen molar-refractivity contribution in [3.05, 3.63) is 90.3 Å². The zero-order valence-corrected chi connectivity index (χ0v) is 18.2. The van der Waals surface area contributed by atoms with Crippen molar-refractivity contribution in [3.8, 4) is 17.1 Å². The van der Waals surface area contributed by atoms with Gasteiger partial charge in [0.05, 0.1) is 34.2 Å². The largest absolute Gasteiger partial charge is 0.348 e. The molecule has 0 fully saturated rings. The fourth-order valence-corrected chi connectivity index (χ4v) is 3.73. The highest BCUT2D eigenvalue weighted by Crippen LogP contribution is 2.26. The molecule has 1 N–H and O–H groups in total. The topological polar surface area (TPSA) is 81.4 Å². The van der Waals surface area contributed by atoms with Crippen LogP contribution in [0.2, 0.25) is 0 Å². The van der Waals surface area contributed by atoms with Gasteiger partial charge in [-0.05, 0) is 44.5 Å². The van der Waals surface area contributed by atoms with E-state index in [2.05, 4.69) is 50.4 Å². The van der Waals surface area contributed by atoms with Gasteiger partial charge in [0.2, 0.25) is 5.95 Å². The molecular formula is C25H23N7. The third-order valence-corrected chi connectivity index (χ3v) is 5.43. The molecule has 3 heterocycles. The van der Waals surface area contributed by atoms with Gasteiger partial charge in [-0.25, -0.2) is 15.0 Å². The molecule has 5 rings (SSSR count). The summed E-state index contributed by atoms with van der Waals surface area (Å²) in [4.78, 5) is 22.8. The molecule has 0 spiro atoms. The molecule has 7 heteroatoms. The van der Waals surface area contributed by atoms with E-state index < -0.39 is 0 Å². The zero-order valence-electron chi connectivity index (χ0n) is 18.2. The van der Waals surface area contributed by atoms with Crippen LogP contribution in [0.1, 0.15) is 29.9 Å². The minimum absolute atomic E-state index is 0.0900. The van der Waals surface area contributed by atoms with E-state index in [-0.39, 0.29) is 6.04 Å². The number of hydrogen-bond donors (Lipinski definition) is 1. The third kappa shape index (κ3) is 3.80. The second-order valence-electron chi connectivity index (χ2n) is 7.78. The molecule has 2 aromatic carbocycles. The van der Waals surface area contributed by atoms with Crippen LogP contribution in [-0.2, 0) is 0 Å². The van der Waals surface area contributed by atoms with Crippen LogP contribution >= 0.6 is 0 Å². The Hall–Kier alpha value is -4.13. The molecule has 0 amide bonds. The van der Waals surface area contributed by atoms with Crippen LogP contribution < -0.4 is 5.32 Å². The lowest BCUT2D eigenvalue weighted by atomic mass is 10.1. The van der Waals surface area contributed by atoms with E-state index in [1.807, 2.05) is 54.8 Å². The van der Waals surface area contributed by atoms with E-state index in [4.69, 9.17) is 4.98 Å². The highest BCUT2D eigenvalue weighted by atomic mass is 15.2. The Morgan fingerprint density at radius 2 is 1.75 bits per heavy atom. The predicted octanol–water partition coefficient (Wildman–Crippen LogP) is 5.06. The van der Waals surface area contributed by atoms with Crippen molar-refractivity contribution < 1.29 is 0 Å². The van der Waals surface area contributed by atoms with Gasteiger partial charge in [-0.1, -0.05) is 36.4 Å². The number of aromatic nitrogens is 6. The van der Waals surface area contributed by atoms with Gasteiger partial charge in [-0.15, -0.1) is 0 Å². The third-order valence-electron chi connectivity index (χ3n) is 5.43. The Labute approximate surface area is 186 Å². The Kier molecular flexibility index (Phi) is 5.07. The van der Waals surface area contributed by atoms with Crippen molar-refractivity contribution in [2.45, 2.75) is 26.8 Å². The average Bonchev–Trinajstić information content (AvgIpc) is 3.25. The normalized spacial score (nSPS) is 12.1. The second-order valence-corrected chi connectivity index (χ2v) is 7.78. The summed E-state index contributed by atoms with van der Waals surface area (Å²) in [5.74, 6) is 1.33. The lowest BCUT2D eigenvalue weighted by molar-refractivity contribution is 0.854. The maximum atomic E-state index is 4.72. The molecule has 7 nitrogen and oxygen atoms in total. The fraction of sp³-hybridized carbons (Fsp3) is 0.160. The summed E-state index contributed by atoms with van der Waals surface area (Å²) >= 11 is 0. The van der Waals surface area contributed by atoms with Gasteiger partial charge < -0.3 is 5.32 Å². The van der Waals surface area contributed by atoms with E-state index in [0.717, 1.165) is 39.5 Å². The molecule has 0 aliphatic heterocycles. The van der Waals surface area contributed by atoms with E-state index in [9.17, 15) is 0 Å². The average molecular weight is 422 g/mol. The zero-order chi connectivity index (χ0) is 22.1. The molecule has 0 bridgehead atoms. The summed E-state index contributed by atoms with van der Waals surface area (Å²) < 4.78 is 1.97. The summed E-state index contributed by atoms with van der Waals surface area (Å²) in [6.07, 6.45) is 5.33. The minimum atomic E-state index is 0.0900. The van der Waals surface area contributed by atoms with Crippen LogP contribution in [0.5, 0.6) is 0 Å². The van der Waals surface area contributed by atoms with Gasteiger partial charge in [0.15, 0.2) is 0 Å². The first-order valence-corrected chi connectivity index (χ1v) is 10.5. The summed E-state index contributed by atoms with van der Waals surface area (Å²) in [5, 5.41) is 3.38. The number of hydrogen-bond acceptors (Lipinski definition) is 6. The molecule has 0 radical (unpaired) electrons. The predicted molar refractivity (Wildman–Crippen MR) is 126 cm³/mol. The van der Waals surface area contributed by atoms with Gasteiger partial charge in [-0.3, -0.25) is 9.55 Å². The Morgan fingerprint density at radius 1 is 0.906 bits per heavy atom. The van der Waals surface area contributed by atoms with Crippen LogP contribution in [0, 0.1) is 13.8 Å². The van der Waals surface area contributed by atoms with Gasteiger partial charge in [-0.2, -0.15) is 4.98 Å². The summed E-state index contributed by atoms with van der Waals surface area (Å²) in [7, 11) is 0. The van der Waals surface area contributed by atoms with Crippen molar-refractivity contribution in [2.75, 3.05) is 5.32 Å². The number of nitrogens with zero attached hydrogens (tertiary/aromatic N) is 6. The van der Waals surface area contributed by atoms with Crippen LogP contribution in [0.3, 0.4) is 0 Å². The number of benzene rings is 2. The van der Waals surface area contributed by atoms with Crippen molar-refractivity contribution in [1.82, 2.24) is 29.5 Å². The number of fused-ring (bicyclic) bond motifs is 1. The Morgan fingerprint density at radius 3 is 2.59 bits per heavy atom. The van der Waals surface area contributed by atoms with Gasteiger partial charge >= 0.3 is 0 Å². The molecule has 158 valence electrons. The lowest BCUT2D eigenvalue weighted by Gasteiger charge is -2.14. The Bertz CT molecular complexity index is 1390.